The van der Waals surface area contributed by atoms with Crippen molar-refractivity contribution in [1.29, 1.82) is 5.26 Å². The standard InChI is InChI=1S/C24H23F3N4O2/c1-23(2,12-28)13-29-21-17-11-16(8-7-15(17)9-10-20(21)33-3)18-5-4-6-19(31-18)22(32)30-14-24(25,26)27/h4-11,29H,13-14H2,1-3H3,(H,30,32). The van der Waals surface area contributed by atoms with Gasteiger partial charge in [-0.05, 0) is 43.5 Å². The molecule has 0 spiro atoms. The Morgan fingerprint density at radius 2 is 1.85 bits per heavy atom. The van der Waals surface area contributed by atoms with Gasteiger partial charge < -0.3 is 15.4 Å². The Bertz CT molecular complexity index is 1220. The number of alkyl halides is 3. The van der Waals surface area contributed by atoms with E-state index in [1.54, 1.807) is 19.2 Å². The molecule has 1 amide bonds. The number of carbonyl (C=O) groups excluding carboxylic acids is 1. The average molecular weight is 456 g/mol. The quantitative estimate of drug-likeness (QED) is 0.513. The number of benzene rings is 2. The van der Waals surface area contributed by atoms with Crippen LogP contribution in [0.25, 0.3) is 22.0 Å². The molecule has 0 aliphatic carbocycles. The number of halogens is 3. The van der Waals surface area contributed by atoms with Crippen molar-refractivity contribution in [3.05, 3.63) is 54.2 Å². The molecule has 1 heterocycles. The molecule has 3 rings (SSSR count). The first-order chi connectivity index (χ1) is 15.5. The summed E-state index contributed by atoms with van der Waals surface area (Å²) in [7, 11) is 1.55. The van der Waals surface area contributed by atoms with Gasteiger partial charge in [-0.1, -0.05) is 24.3 Å². The van der Waals surface area contributed by atoms with Crippen LogP contribution in [0.5, 0.6) is 5.75 Å². The van der Waals surface area contributed by atoms with E-state index >= 15 is 0 Å². The molecule has 0 fully saturated rings. The molecule has 172 valence electrons. The van der Waals surface area contributed by atoms with Crippen LogP contribution in [-0.4, -0.2) is 37.3 Å². The lowest BCUT2D eigenvalue weighted by Crippen LogP contribution is -2.34. The summed E-state index contributed by atoms with van der Waals surface area (Å²) in [5.74, 6) is -0.306. The first-order valence-electron chi connectivity index (χ1n) is 10.1. The molecule has 0 saturated carbocycles. The van der Waals surface area contributed by atoms with Gasteiger partial charge in [0.05, 0.1) is 30.0 Å². The van der Waals surface area contributed by atoms with E-state index in [-0.39, 0.29) is 5.69 Å². The normalized spacial score (nSPS) is 11.7. The predicted molar refractivity (Wildman–Crippen MR) is 120 cm³/mol. The molecule has 9 heteroatoms. The van der Waals surface area contributed by atoms with Crippen LogP contribution < -0.4 is 15.4 Å². The summed E-state index contributed by atoms with van der Waals surface area (Å²) in [6.45, 7) is 2.60. The van der Waals surface area contributed by atoms with Crippen LogP contribution in [0.3, 0.4) is 0 Å². The molecule has 0 aliphatic rings. The average Bonchev–Trinajstić information content (AvgIpc) is 2.80. The summed E-state index contributed by atoms with van der Waals surface area (Å²) in [5, 5.41) is 16.2. The molecular weight excluding hydrogens is 433 g/mol. The summed E-state index contributed by atoms with van der Waals surface area (Å²) in [4.78, 5) is 16.4. The fourth-order valence-electron chi connectivity index (χ4n) is 3.15. The third-order valence-corrected chi connectivity index (χ3v) is 4.94. The van der Waals surface area contributed by atoms with Crippen molar-refractivity contribution in [3.63, 3.8) is 0 Å². The lowest BCUT2D eigenvalue weighted by atomic mass is 9.95. The predicted octanol–water partition coefficient (Wildman–Crippen LogP) is 5.16. The number of nitrogens with zero attached hydrogens (tertiary/aromatic N) is 2. The molecule has 2 N–H and O–H groups in total. The minimum atomic E-state index is -4.51. The maximum Gasteiger partial charge on any atom is 0.405 e. The first-order valence-corrected chi connectivity index (χ1v) is 10.1. The van der Waals surface area contributed by atoms with Gasteiger partial charge in [0.25, 0.3) is 5.91 Å². The Labute approximate surface area is 189 Å². The van der Waals surface area contributed by atoms with Crippen LogP contribution >= 0.6 is 0 Å². The number of pyridine rings is 1. The van der Waals surface area contributed by atoms with Crippen molar-refractivity contribution >= 4 is 22.4 Å². The van der Waals surface area contributed by atoms with Crippen LogP contribution in [0.1, 0.15) is 24.3 Å². The van der Waals surface area contributed by atoms with Gasteiger partial charge in [-0.25, -0.2) is 4.98 Å². The largest absolute Gasteiger partial charge is 0.495 e. The van der Waals surface area contributed by atoms with E-state index in [9.17, 15) is 23.2 Å². The molecule has 0 unspecified atom stereocenters. The van der Waals surface area contributed by atoms with Crippen LogP contribution in [0.4, 0.5) is 18.9 Å². The first kappa shape index (κ1) is 23.9. The summed E-state index contributed by atoms with van der Waals surface area (Å²) in [6, 6.07) is 16.1. The van der Waals surface area contributed by atoms with E-state index in [0.29, 0.717) is 29.2 Å². The molecule has 0 atom stereocenters. The Kier molecular flexibility index (Phi) is 6.77. The highest BCUT2D eigenvalue weighted by Gasteiger charge is 2.28. The lowest BCUT2D eigenvalue weighted by molar-refractivity contribution is -0.123. The van der Waals surface area contributed by atoms with Crippen molar-refractivity contribution < 1.29 is 22.7 Å². The smallest absolute Gasteiger partial charge is 0.405 e. The summed E-state index contributed by atoms with van der Waals surface area (Å²) < 4.78 is 42.7. The van der Waals surface area contributed by atoms with Gasteiger partial charge in [-0.2, -0.15) is 18.4 Å². The maximum atomic E-state index is 12.4. The van der Waals surface area contributed by atoms with Crippen molar-refractivity contribution in [1.82, 2.24) is 10.3 Å². The zero-order valence-corrected chi connectivity index (χ0v) is 18.4. The number of anilines is 1. The third-order valence-electron chi connectivity index (χ3n) is 4.94. The van der Waals surface area contributed by atoms with E-state index in [0.717, 1.165) is 10.8 Å². The number of rotatable bonds is 7. The number of aromatic nitrogens is 1. The zero-order chi connectivity index (χ0) is 24.2. The van der Waals surface area contributed by atoms with Gasteiger partial charge in [0.2, 0.25) is 0 Å². The number of nitriles is 1. The lowest BCUT2D eigenvalue weighted by Gasteiger charge is -2.20. The molecule has 0 saturated heterocycles. The van der Waals surface area contributed by atoms with Gasteiger partial charge in [0.1, 0.15) is 18.0 Å². The number of fused-ring (bicyclic) bond motifs is 1. The molecule has 2 aromatic carbocycles. The van der Waals surface area contributed by atoms with Gasteiger partial charge in [0.15, 0.2) is 0 Å². The second-order valence-electron chi connectivity index (χ2n) is 8.13. The van der Waals surface area contributed by atoms with Gasteiger partial charge in [0, 0.05) is 17.5 Å². The Morgan fingerprint density at radius 3 is 2.52 bits per heavy atom. The SMILES string of the molecule is COc1ccc2ccc(-c3cccc(C(=O)NCC(F)(F)F)n3)cc2c1NCC(C)(C)C#N. The van der Waals surface area contributed by atoms with Crippen LogP contribution in [0.2, 0.25) is 0 Å². The van der Waals surface area contributed by atoms with E-state index in [1.165, 1.54) is 6.07 Å². The monoisotopic (exact) mass is 456 g/mol. The second kappa shape index (κ2) is 9.36. The third kappa shape index (κ3) is 5.92. The summed E-state index contributed by atoms with van der Waals surface area (Å²) in [5.41, 5.74) is 1.09. The van der Waals surface area contributed by atoms with Crippen LogP contribution in [-0.2, 0) is 0 Å². The number of methoxy groups -OCH3 is 1. The maximum absolute atomic E-state index is 12.4. The second-order valence-corrected chi connectivity index (χ2v) is 8.13. The number of amides is 1. The fraction of sp³-hybridized carbons (Fsp3) is 0.292. The van der Waals surface area contributed by atoms with Crippen LogP contribution in [0, 0.1) is 16.7 Å². The summed E-state index contributed by atoms with van der Waals surface area (Å²) in [6.07, 6.45) is -4.51. The zero-order valence-electron chi connectivity index (χ0n) is 18.4. The fourth-order valence-corrected chi connectivity index (χ4v) is 3.15. The van der Waals surface area contributed by atoms with Gasteiger partial charge >= 0.3 is 6.18 Å². The van der Waals surface area contributed by atoms with Crippen LogP contribution in [0.15, 0.2) is 48.5 Å². The molecular formula is C24H23F3N4O2. The molecule has 1 aromatic heterocycles. The minimum absolute atomic E-state index is 0.114. The van der Waals surface area contributed by atoms with Crippen molar-refractivity contribution in [2.24, 2.45) is 5.41 Å². The highest BCUT2D eigenvalue weighted by Crippen LogP contribution is 2.36. The molecule has 0 radical (unpaired) electrons. The van der Waals surface area contributed by atoms with E-state index in [2.05, 4.69) is 16.4 Å². The van der Waals surface area contributed by atoms with Gasteiger partial charge in [-0.15, -0.1) is 0 Å². The topological polar surface area (TPSA) is 87.0 Å². The highest BCUT2D eigenvalue weighted by molar-refractivity contribution is 5.99. The Morgan fingerprint density at radius 1 is 1.12 bits per heavy atom. The van der Waals surface area contributed by atoms with E-state index < -0.39 is 24.0 Å². The van der Waals surface area contributed by atoms with E-state index in [1.807, 2.05) is 49.5 Å². The van der Waals surface area contributed by atoms with Crippen molar-refractivity contribution in [3.8, 4) is 23.1 Å². The summed E-state index contributed by atoms with van der Waals surface area (Å²) >= 11 is 0. The molecule has 3 aromatic rings. The molecule has 6 nitrogen and oxygen atoms in total. The van der Waals surface area contributed by atoms with E-state index in [4.69, 9.17) is 4.74 Å². The minimum Gasteiger partial charge on any atom is -0.495 e. The van der Waals surface area contributed by atoms with Crippen molar-refractivity contribution in [2.75, 3.05) is 25.5 Å². The Hall–Kier alpha value is -3.80. The number of hydrogen-bond acceptors (Lipinski definition) is 5. The van der Waals surface area contributed by atoms with Gasteiger partial charge in [-0.3, -0.25) is 4.79 Å². The Balaban J connectivity index is 1.99. The molecule has 0 bridgehead atoms. The number of ether oxygens (including phenoxy) is 1. The van der Waals surface area contributed by atoms with Crippen molar-refractivity contribution in [2.45, 2.75) is 20.0 Å². The number of hydrogen-bond donors (Lipinski definition) is 2. The number of nitrogens with one attached hydrogen (secondary N) is 2. The molecule has 33 heavy (non-hydrogen) atoms. The number of carbonyl (C=O) groups is 1. The highest BCUT2D eigenvalue weighted by atomic mass is 19.4. The molecule has 0 aliphatic heterocycles.